The van der Waals surface area contributed by atoms with Crippen LogP contribution in [0, 0.1) is 6.92 Å². The molecule has 3 aromatic rings. The first-order valence-electron chi connectivity index (χ1n) is 9.90. The van der Waals surface area contributed by atoms with Crippen LogP contribution in [0.5, 0.6) is 0 Å². The monoisotopic (exact) mass is 428 g/mol. The van der Waals surface area contributed by atoms with Gasteiger partial charge in [0, 0.05) is 37.1 Å². The molecule has 9 heteroatoms. The molecule has 1 aliphatic heterocycles. The molecule has 0 bridgehead atoms. The molecule has 1 saturated heterocycles. The molecule has 0 unspecified atom stereocenters. The van der Waals surface area contributed by atoms with Gasteiger partial charge in [0.2, 0.25) is 15.9 Å². The van der Waals surface area contributed by atoms with Crippen LogP contribution in [0.25, 0.3) is 11.1 Å². The number of benzene rings is 2. The fourth-order valence-electron chi connectivity index (χ4n) is 3.60. The lowest BCUT2D eigenvalue weighted by Crippen LogP contribution is -2.29. The van der Waals surface area contributed by atoms with Crippen LogP contribution in [0.4, 0.5) is 17.1 Å². The van der Waals surface area contributed by atoms with E-state index in [0.29, 0.717) is 28.4 Å². The Morgan fingerprint density at radius 1 is 1.07 bits per heavy atom. The second-order valence-corrected chi connectivity index (χ2v) is 9.14. The lowest BCUT2D eigenvalue weighted by molar-refractivity contribution is -0.113. The molecule has 0 spiro atoms. The van der Waals surface area contributed by atoms with E-state index in [9.17, 15) is 13.2 Å². The molecule has 1 fully saturated rings. The van der Waals surface area contributed by atoms with Gasteiger partial charge in [0.05, 0.1) is 0 Å². The fraction of sp³-hybridized carbons (Fsp3) is 0.333. The molecule has 0 atom stereocenters. The minimum Gasteiger partial charge on any atom is -0.441 e. The zero-order valence-electron chi connectivity index (χ0n) is 16.7. The van der Waals surface area contributed by atoms with E-state index in [0.717, 1.165) is 18.8 Å². The summed E-state index contributed by atoms with van der Waals surface area (Å²) in [6.07, 6.45) is 3.60. The maximum Gasteiger partial charge on any atom is 0.241 e. The number of oxazole rings is 1. The van der Waals surface area contributed by atoms with E-state index in [1.54, 1.807) is 37.3 Å². The van der Waals surface area contributed by atoms with Crippen LogP contribution >= 0.6 is 0 Å². The Kier molecular flexibility index (Phi) is 5.63. The van der Waals surface area contributed by atoms with Crippen molar-refractivity contribution in [3.63, 3.8) is 0 Å². The zero-order chi connectivity index (χ0) is 21.1. The summed E-state index contributed by atoms with van der Waals surface area (Å²) >= 11 is 0. The van der Waals surface area contributed by atoms with Gasteiger partial charge in [-0.25, -0.2) is 13.4 Å². The highest BCUT2D eigenvalue weighted by molar-refractivity contribution is 7.93. The van der Waals surface area contributed by atoms with E-state index in [4.69, 9.17) is 4.42 Å². The largest absolute Gasteiger partial charge is 0.441 e. The summed E-state index contributed by atoms with van der Waals surface area (Å²) in [5, 5.41) is 2.59. The van der Waals surface area contributed by atoms with Gasteiger partial charge < -0.3 is 14.6 Å². The van der Waals surface area contributed by atoms with Crippen LogP contribution in [0.15, 0.2) is 46.9 Å². The second-order valence-electron chi connectivity index (χ2n) is 7.42. The third kappa shape index (κ3) is 4.91. The zero-order valence-corrected chi connectivity index (χ0v) is 17.5. The molecule has 8 nitrogen and oxygen atoms in total. The number of hydrogen-bond donors (Lipinski definition) is 2. The number of fused-ring (bicyclic) bond motifs is 1. The van der Waals surface area contributed by atoms with Gasteiger partial charge in [-0.15, -0.1) is 0 Å². The molecule has 2 N–H and O–H groups in total. The van der Waals surface area contributed by atoms with Crippen molar-refractivity contribution in [2.75, 3.05) is 33.8 Å². The van der Waals surface area contributed by atoms with Gasteiger partial charge >= 0.3 is 0 Å². The summed E-state index contributed by atoms with van der Waals surface area (Å²) < 4.78 is 32.6. The Morgan fingerprint density at radius 3 is 2.50 bits per heavy atom. The number of nitrogens with one attached hydrogen (secondary N) is 2. The lowest BCUT2D eigenvalue weighted by Gasteiger charge is -2.28. The first-order chi connectivity index (χ1) is 14.4. The molecule has 0 radical (unpaired) electrons. The minimum absolute atomic E-state index is 0.433. The van der Waals surface area contributed by atoms with E-state index < -0.39 is 21.7 Å². The minimum atomic E-state index is -3.84. The summed E-state index contributed by atoms with van der Waals surface area (Å²) in [4.78, 5) is 18.7. The average molecular weight is 429 g/mol. The van der Waals surface area contributed by atoms with Gasteiger partial charge in [-0.1, -0.05) is 0 Å². The Hall–Kier alpha value is -3.07. The first-order valence-corrected chi connectivity index (χ1v) is 11.6. The van der Waals surface area contributed by atoms with Gasteiger partial charge in [0.1, 0.15) is 11.3 Å². The maximum absolute atomic E-state index is 12.4. The van der Waals surface area contributed by atoms with Gasteiger partial charge in [0.25, 0.3) is 0 Å². The number of nitrogens with zero attached hydrogens (tertiary/aromatic N) is 2. The standard InChI is InChI=1S/C21H24N4O4S/c1-15-22-19-13-17(7-10-20(19)29-15)23-21(26)14-30(27,28)24-16-5-8-18(9-6-16)25-11-3-2-4-12-25/h5-10,13,24H,2-4,11-12,14H2,1H3,(H,23,26). The van der Waals surface area contributed by atoms with Gasteiger partial charge in [0.15, 0.2) is 11.5 Å². The van der Waals surface area contributed by atoms with Crippen LogP contribution in [0.3, 0.4) is 0 Å². The normalized spacial score (nSPS) is 14.6. The predicted octanol–water partition coefficient (Wildman–Crippen LogP) is 3.51. The van der Waals surface area contributed by atoms with Crippen LogP contribution in [0.2, 0.25) is 0 Å². The topological polar surface area (TPSA) is 105 Å². The Balaban J connectivity index is 1.36. The summed E-state index contributed by atoms with van der Waals surface area (Å²) in [5.41, 5.74) is 3.17. The number of amides is 1. The van der Waals surface area contributed by atoms with Crippen molar-refractivity contribution < 1.29 is 17.6 Å². The second kappa shape index (κ2) is 8.35. The quantitative estimate of drug-likeness (QED) is 0.623. The number of aromatic nitrogens is 1. The molecule has 0 aliphatic carbocycles. The van der Waals surface area contributed by atoms with E-state index >= 15 is 0 Å². The van der Waals surface area contributed by atoms with Crippen molar-refractivity contribution in [3.8, 4) is 0 Å². The summed E-state index contributed by atoms with van der Waals surface area (Å²) in [6, 6.07) is 12.2. The van der Waals surface area contributed by atoms with Crippen LogP contribution in [0.1, 0.15) is 25.2 Å². The molecule has 1 aromatic heterocycles. The number of carbonyl (C=O) groups is 1. The molecular weight excluding hydrogens is 404 g/mol. The van der Waals surface area contributed by atoms with Crippen molar-refractivity contribution in [3.05, 3.63) is 48.4 Å². The first kappa shape index (κ1) is 20.2. The van der Waals surface area contributed by atoms with Crippen molar-refractivity contribution >= 4 is 44.1 Å². The van der Waals surface area contributed by atoms with E-state index in [1.807, 2.05) is 12.1 Å². The van der Waals surface area contributed by atoms with E-state index in [-0.39, 0.29) is 0 Å². The van der Waals surface area contributed by atoms with Gasteiger partial charge in [-0.3, -0.25) is 9.52 Å². The van der Waals surface area contributed by atoms with Crippen LogP contribution in [-0.2, 0) is 14.8 Å². The smallest absolute Gasteiger partial charge is 0.241 e. The van der Waals surface area contributed by atoms with Crippen molar-refractivity contribution in [1.82, 2.24) is 4.98 Å². The van der Waals surface area contributed by atoms with Crippen molar-refractivity contribution in [2.45, 2.75) is 26.2 Å². The van der Waals surface area contributed by atoms with Crippen molar-refractivity contribution in [1.29, 1.82) is 0 Å². The molecule has 0 saturated carbocycles. The molecule has 1 amide bonds. The molecule has 158 valence electrons. The molecule has 2 aromatic carbocycles. The fourth-order valence-corrected chi connectivity index (χ4v) is 4.58. The van der Waals surface area contributed by atoms with Crippen LogP contribution < -0.4 is 14.9 Å². The SMILES string of the molecule is Cc1nc2cc(NC(=O)CS(=O)(=O)Nc3ccc(N4CCCCC4)cc3)ccc2o1. The molecule has 4 rings (SSSR count). The number of piperidine rings is 1. The summed E-state index contributed by atoms with van der Waals surface area (Å²) in [7, 11) is -3.84. The highest BCUT2D eigenvalue weighted by Crippen LogP contribution is 2.23. The van der Waals surface area contributed by atoms with Gasteiger partial charge in [-0.05, 0) is 61.7 Å². The molecule has 2 heterocycles. The third-order valence-corrected chi connectivity index (χ3v) is 6.15. The molecular formula is C21H24N4O4S. The highest BCUT2D eigenvalue weighted by atomic mass is 32.2. The lowest BCUT2D eigenvalue weighted by atomic mass is 10.1. The Morgan fingerprint density at radius 2 is 1.77 bits per heavy atom. The highest BCUT2D eigenvalue weighted by Gasteiger charge is 2.18. The number of hydrogen-bond acceptors (Lipinski definition) is 6. The van der Waals surface area contributed by atoms with Crippen molar-refractivity contribution in [2.24, 2.45) is 0 Å². The summed E-state index contributed by atoms with van der Waals surface area (Å²) in [5.74, 6) is -0.796. The Labute approximate surface area is 175 Å². The number of aryl methyl sites for hydroxylation is 1. The number of sulfonamides is 1. The number of carbonyl (C=O) groups excluding carboxylic acids is 1. The van der Waals surface area contributed by atoms with E-state index in [1.165, 1.54) is 19.3 Å². The Bertz CT molecular complexity index is 1150. The number of rotatable bonds is 6. The average Bonchev–Trinajstić information content (AvgIpc) is 3.07. The summed E-state index contributed by atoms with van der Waals surface area (Å²) in [6.45, 7) is 3.77. The van der Waals surface area contributed by atoms with Gasteiger partial charge in [-0.2, -0.15) is 0 Å². The van der Waals surface area contributed by atoms with E-state index in [2.05, 4.69) is 19.9 Å². The molecule has 1 aliphatic rings. The third-order valence-electron chi connectivity index (χ3n) is 4.96. The molecule has 30 heavy (non-hydrogen) atoms. The van der Waals surface area contributed by atoms with Crippen LogP contribution in [-0.4, -0.2) is 38.2 Å². The maximum atomic E-state index is 12.4. The predicted molar refractivity (Wildman–Crippen MR) is 117 cm³/mol. The number of anilines is 3.